The number of rotatable bonds is 7. The molecular weight excluding hydrogens is 931 g/mol. The Morgan fingerprint density at radius 2 is 1.79 bits per heavy atom. The lowest BCUT2D eigenvalue weighted by Gasteiger charge is -2.35. The van der Waals surface area contributed by atoms with Crippen molar-refractivity contribution < 1.29 is 23.9 Å². The summed E-state index contributed by atoms with van der Waals surface area (Å²) >= 11 is 1.47. The molecule has 6 atom stereocenters. The molecule has 0 spiro atoms. The molecule has 1 aliphatic carbocycles. The fourth-order valence-corrected chi connectivity index (χ4v) is 9.57. The quantitative estimate of drug-likeness (QED) is 0.161. The third-order valence-corrected chi connectivity index (χ3v) is 12.7. The Hall–Kier alpha value is -2.88. The average Bonchev–Trinajstić information content (AvgIpc) is 3.52. The Labute approximate surface area is 416 Å². The molecule has 2 fully saturated rings. The van der Waals surface area contributed by atoms with Gasteiger partial charge < -0.3 is 19.4 Å². The predicted molar refractivity (Wildman–Crippen MR) is 281 cm³/mol. The number of hydrogen-bond donors (Lipinski definition) is 2. The highest BCUT2D eigenvalue weighted by atomic mass is 32.1. The van der Waals surface area contributed by atoms with E-state index in [2.05, 4.69) is 65.3 Å². The Morgan fingerprint density at radius 1 is 1.05 bits per heavy atom. The van der Waals surface area contributed by atoms with E-state index in [-0.39, 0.29) is 130 Å². The Balaban J connectivity index is 0.00000228. The smallest absolute Gasteiger partial charge is 0.324 e. The number of amides is 2. The number of aromatic nitrogens is 4. The van der Waals surface area contributed by atoms with Crippen molar-refractivity contribution >= 4 is 121 Å². The highest BCUT2D eigenvalue weighted by molar-refractivity contribution is 7.60. The summed E-state index contributed by atoms with van der Waals surface area (Å²) < 4.78 is 14.2. The number of nitrogens with one attached hydrogen (secondary N) is 2. The molecule has 346 valence electrons. The standard InChI is InChI=1S/C44H51N7O5S.6H2S/c1-7-50-35-16-15-27-20-29(35)30(40(50)28-12-10-18-46-39(28)26(3)55-6)22-44(4,5)24-56-43(54)32-14-11-19-51(49-32)42(53)33(21-36-47-34(27)23-57-36)48-41(52)38-25(2)37(38)31-13-8-9-17-45-31;;;;;;/h8-10,12-13,15-18,20,23,25-26,32-33,37-38,49H,7,11,14,19,21-22,24H2,1-6H3,(H,48,52);6*1H2/t25-,26-,32-,33-,37+,38-;;;;;;/m0....../s1. The zero-order valence-corrected chi connectivity index (χ0v) is 43.3. The van der Waals surface area contributed by atoms with Crippen molar-refractivity contribution in [3.63, 3.8) is 0 Å². The Bertz CT molecular complexity index is 2330. The Morgan fingerprint density at radius 3 is 2.49 bits per heavy atom. The number of hydrogen-bond acceptors (Lipinski definition) is 10. The van der Waals surface area contributed by atoms with Gasteiger partial charge >= 0.3 is 5.97 Å². The monoisotopic (exact) mass is 993 g/mol. The number of cyclic esters (lactones) is 1. The van der Waals surface area contributed by atoms with Crippen molar-refractivity contribution in [1.82, 2.24) is 35.3 Å². The van der Waals surface area contributed by atoms with Crippen LogP contribution in [0.2, 0.25) is 0 Å². The number of ether oxygens (including phenoxy) is 2. The van der Waals surface area contributed by atoms with Crippen LogP contribution in [0, 0.1) is 17.3 Å². The van der Waals surface area contributed by atoms with Crippen LogP contribution in [0.3, 0.4) is 0 Å². The molecule has 6 heterocycles. The minimum Gasteiger partial charge on any atom is -0.464 e. The van der Waals surface area contributed by atoms with Gasteiger partial charge in [-0.05, 0) is 81.0 Å². The molecule has 0 radical (unpaired) electrons. The van der Waals surface area contributed by atoms with Gasteiger partial charge in [0.25, 0.3) is 5.91 Å². The molecule has 1 saturated heterocycles. The van der Waals surface area contributed by atoms with Gasteiger partial charge in [0, 0.05) is 89.4 Å². The number of aryl methyl sites for hydroxylation is 1. The molecule has 5 aromatic rings. The summed E-state index contributed by atoms with van der Waals surface area (Å²) in [6, 6.07) is 14.7. The number of benzene rings is 1. The third-order valence-electron chi connectivity index (χ3n) is 11.9. The fraction of sp³-hybridized carbons (Fsp3) is 0.455. The first-order valence-corrected chi connectivity index (χ1v) is 20.9. The zero-order valence-electron chi connectivity index (χ0n) is 36.5. The van der Waals surface area contributed by atoms with Gasteiger partial charge in [0.1, 0.15) is 12.1 Å². The molecule has 2 N–H and O–H groups in total. The van der Waals surface area contributed by atoms with Gasteiger partial charge in [0.15, 0.2) is 0 Å². The molecule has 8 rings (SSSR count). The summed E-state index contributed by atoms with van der Waals surface area (Å²) in [5.74, 6) is -1.11. The van der Waals surface area contributed by atoms with Gasteiger partial charge in [-0.1, -0.05) is 32.9 Å². The van der Waals surface area contributed by atoms with Crippen LogP contribution in [0.25, 0.3) is 33.4 Å². The lowest BCUT2D eigenvalue weighted by atomic mass is 9.84. The van der Waals surface area contributed by atoms with Gasteiger partial charge in [-0.15, -0.1) is 11.3 Å². The molecule has 6 bridgehead atoms. The van der Waals surface area contributed by atoms with E-state index >= 15 is 0 Å². The second kappa shape index (κ2) is 23.5. The number of methoxy groups -OCH3 is 1. The van der Waals surface area contributed by atoms with Gasteiger partial charge in [-0.3, -0.25) is 29.4 Å². The second-order valence-electron chi connectivity index (χ2n) is 16.4. The molecule has 12 nitrogen and oxygen atoms in total. The number of esters is 1. The zero-order chi connectivity index (χ0) is 40.0. The lowest BCUT2D eigenvalue weighted by molar-refractivity contribution is -0.155. The summed E-state index contributed by atoms with van der Waals surface area (Å²) in [4.78, 5) is 56.4. The van der Waals surface area contributed by atoms with Crippen molar-refractivity contribution in [3.8, 4) is 22.5 Å². The maximum atomic E-state index is 14.3. The second-order valence-corrected chi connectivity index (χ2v) is 17.4. The van der Waals surface area contributed by atoms with Crippen molar-refractivity contribution in [1.29, 1.82) is 0 Å². The summed E-state index contributed by atoms with van der Waals surface area (Å²) in [6.45, 7) is 11.7. The van der Waals surface area contributed by atoms with Crippen LogP contribution in [-0.2, 0) is 43.2 Å². The van der Waals surface area contributed by atoms with E-state index < -0.39 is 23.5 Å². The lowest BCUT2D eigenvalue weighted by Crippen LogP contribution is -2.60. The van der Waals surface area contributed by atoms with E-state index in [1.165, 1.54) is 16.3 Å². The summed E-state index contributed by atoms with van der Waals surface area (Å²) in [5, 5.41) is 8.44. The summed E-state index contributed by atoms with van der Waals surface area (Å²) in [5.41, 5.74) is 10.5. The van der Waals surface area contributed by atoms with Crippen molar-refractivity contribution in [2.75, 3.05) is 20.3 Å². The summed E-state index contributed by atoms with van der Waals surface area (Å²) in [6.07, 6.45) is 5.28. The van der Waals surface area contributed by atoms with Gasteiger partial charge in [0.2, 0.25) is 5.91 Å². The van der Waals surface area contributed by atoms with Gasteiger partial charge in [-0.25, -0.2) is 10.4 Å². The maximum absolute atomic E-state index is 14.3. The average molecular weight is 995 g/mol. The SMILES string of the molecule is CCn1c(-c2cccnc2[C@H](C)OC)c2c3cc(ccc31)-c1csc(n1)C[C@H](NC(=O)[C@H]1[C@@H](C)[C@@H]1c1ccccn1)C(=O)N1CCC[C@H](N1)C(=O)OCC(C)(C)C2.S.S.S.S.S.S. The normalized spacial score (nSPS) is 21.8. The van der Waals surface area contributed by atoms with Crippen LogP contribution >= 0.6 is 92.3 Å². The molecule has 19 heteroatoms. The number of carbonyl (C=O) groups is 3. The fourth-order valence-electron chi connectivity index (χ4n) is 8.72. The van der Waals surface area contributed by atoms with E-state index in [0.717, 1.165) is 61.9 Å². The molecule has 1 saturated carbocycles. The van der Waals surface area contributed by atoms with E-state index in [1.807, 2.05) is 43.5 Å². The number of thiazole rings is 1. The molecular formula is C44H63N7O5S7. The molecule has 3 aliphatic rings. The predicted octanol–water partition coefficient (Wildman–Crippen LogP) is 7.32. The topological polar surface area (TPSA) is 141 Å². The number of nitrogens with zero attached hydrogens (tertiary/aromatic N) is 5. The van der Waals surface area contributed by atoms with E-state index in [0.29, 0.717) is 25.8 Å². The van der Waals surface area contributed by atoms with Gasteiger partial charge in [-0.2, -0.15) is 81.0 Å². The van der Waals surface area contributed by atoms with Crippen LogP contribution in [-0.4, -0.2) is 74.7 Å². The highest BCUT2D eigenvalue weighted by Gasteiger charge is 2.54. The first kappa shape index (κ1) is 56.2. The van der Waals surface area contributed by atoms with Crippen molar-refractivity contribution in [3.05, 3.63) is 88.3 Å². The van der Waals surface area contributed by atoms with Crippen molar-refractivity contribution in [2.45, 2.75) is 91.0 Å². The first-order chi connectivity index (χ1) is 27.5. The van der Waals surface area contributed by atoms with Crippen LogP contribution in [0.15, 0.2) is 66.3 Å². The summed E-state index contributed by atoms with van der Waals surface area (Å²) in [7, 11) is 1.70. The third kappa shape index (κ3) is 11.6. The molecule has 2 aliphatic heterocycles. The van der Waals surface area contributed by atoms with Crippen LogP contribution in [0.4, 0.5) is 0 Å². The van der Waals surface area contributed by atoms with E-state index in [9.17, 15) is 14.4 Å². The number of carbonyl (C=O) groups excluding carboxylic acids is 3. The van der Waals surface area contributed by atoms with Crippen LogP contribution in [0.1, 0.15) is 81.4 Å². The highest BCUT2D eigenvalue weighted by Crippen LogP contribution is 2.53. The van der Waals surface area contributed by atoms with E-state index in [4.69, 9.17) is 19.4 Å². The van der Waals surface area contributed by atoms with Crippen molar-refractivity contribution in [2.24, 2.45) is 17.3 Å². The van der Waals surface area contributed by atoms with Gasteiger partial charge in [0.05, 0.1) is 34.8 Å². The van der Waals surface area contributed by atoms with Crippen LogP contribution in [0.5, 0.6) is 0 Å². The minimum atomic E-state index is -0.896. The minimum absolute atomic E-state index is 0. The number of fused-ring (bicyclic) bond motifs is 6. The molecule has 4 aromatic heterocycles. The molecule has 63 heavy (non-hydrogen) atoms. The number of pyridine rings is 2. The molecule has 2 amide bonds. The molecule has 0 unspecified atom stereocenters. The van der Waals surface area contributed by atoms with Crippen LogP contribution < -0.4 is 10.7 Å². The molecule has 1 aromatic carbocycles. The largest absolute Gasteiger partial charge is 0.464 e. The van der Waals surface area contributed by atoms with E-state index in [1.54, 1.807) is 19.5 Å². The first-order valence-electron chi connectivity index (χ1n) is 20.0. The Kier molecular flexibility index (Phi) is 21.0. The maximum Gasteiger partial charge on any atom is 0.324 e. The number of hydrazine groups is 1.